The Morgan fingerprint density at radius 1 is 0.373 bits per heavy atom. The van der Waals surface area contributed by atoms with Crippen LogP contribution in [0.2, 0.25) is 0 Å². The van der Waals surface area contributed by atoms with Gasteiger partial charge in [-0.2, -0.15) is 9.97 Å². The van der Waals surface area contributed by atoms with E-state index in [2.05, 4.69) is 100 Å². The molecule has 0 aliphatic carbocycles. The van der Waals surface area contributed by atoms with Crippen LogP contribution in [0.1, 0.15) is 0 Å². The van der Waals surface area contributed by atoms with E-state index in [0.717, 1.165) is 77.0 Å². The fourth-order valence-corrected chi connectivity index (χ4v) is 7.80. The zero-order valence-corrected chi connectivity index (χ0v) is 27.2. The average molecular weight is 654 g/mol. The summed E-state index contributed by atoms with van der Waals surface area (Å²) in [6, 6.07) is 56.6. The minimum atomic E-state index is 0.560. The van der Waals surface area contributed by atoms with E-state index >= 15 is 0 Å². The predicted octanol–water partition coefficient (Wildman–Crippen LogP) is 11.3. The molecule has 0 atom stereocenters. The molecule has 0 fully saturated rings. The topological polar surface area (TPSA) is 61.7 Å². The highest BCUT2D eigenvalue weighted by Crippen LogP contribution is 2.43. The molecule has 51 heavy (non-hydrogen) atoms. The Labute approximate surface area is 291 Å². The number of aromatic nitrogens is 5. The Morgan fingerprint density at radius 2 is 0.882 bits per heavy atom. The van der Waals surface area contributed by atoms with E-state index in [-0.39, 0.29) is 0 Å². The summed E-state index contributed by atoms with van der Waals surface area (Å²) in [5.41, 5.74) is 8.86. The smallest absolute Gasteiger partial charge is 0.238 e. The first-order chi connectivity index (χ1) is 25.3. The summed E-state index contributed by atoms with van der Waals surface area (Å²) in [6.45, 7) is 0. The Hall–Kier alpha value is -7.05. The molecule has 0 spiro atoms. The molecule has 0 saturated carbocycles. The van der Waals surface area contributed by atoms with Gasteiger partial charge in [0, 0.05) is 38.1 Å². The number of rotatable bonds is 4. The minimum absolute atomic E-state index is 0.560. The first kappa shape index (κ1) is 27.9. The van der Waals surface area contributed by atoms with Gasteiger partial charge in [-0.3, -0.25) is 4.57 Å². The lowest BCUT2D eigenvalue weighted by atomic mass is 10.1. The highest BCUT2D eigenvalue weighted by Gasteiger charge is 2.24. The number of hydrogen-bond donors (Lipinski definition) is 0. The van der Waals surface area contributed by atoms with Crippen molar-refractivity contribution in [3.8, 4) is 34.4 Å². The van der Waals surface area contributed by atoms with E-state index in [1.807, 2.05) is 72.8 Å². The Bertz CT molecular complexity index is 3080. The molecule has 238 valence electrons. The van der Waals surface area contributed by atoms with Crippen LogP contribution in [-0.4, -0.2) is 24.1 Å². The van der Waals surface area contributed by atoms with Gasteiger partial charge >= 0.3 is 0 Å². The summed E-state index contributed by atoms with van der Waals surface area (Å²) in [4.78, 5) is 15.5. The maximum absolute atomic E-state index is 6.41. The third-order valence-electron chi connectivity index (χ3n) is 9.98. The number of benzene rings is 7. The SMILES string of the molecule is c1ccc(-c2nc(-c3ccccc3)nc(-n3c4ccccc4c4ccc5c6ccccc6n(-c6cccc7oc8ccccc8c67)c5c43)n2)cc1. The van der Waals surface area contributed by atoms with E-state index in [9.17, 15) is 0 Å². The number of nitrogens with zero attached hydrogens (tertiary/aromatic N) is 5. The summed E-state index contributed by atoms with van der Waals surface area (Å²) in [5, 5.41) is 6.72. The van der Waals surface area contributed by atoms with Crippen molar-refractivity contribution in [2.75, 3.05) is 0 Å². The highest BCUT2D eigenvalue weighted by molar-refractivity contribution is 6.24. The summed E-state index contributed by atoms with van der Waals surface area (Å²) in [7, 11) is 0. The lowest BCUT2D eigenvalue weighted by molar-refractivity contribution is 0.669. The van der Waals surface area contributed by atoms with Gasteiger partial charge in [-0.05, 0) is 30.3 Å². The van der Waals surface area contributed by atoms with Gasteiger partial charge in [-0.25, -0.2) is 4.98 Å². The van der Waals surface area contributed by atoms with Crippen LogP contribution < -0.4 is 0 Å². The number of furan rings is 1. The van der Waals surface area contributed by atoms with Gasteiger partial charge in [0.2, 0.25) is 5.95 Å². The Morgan fingerprint density at radius 3 is 1.53 bits per heavy atom. The molecule has 0 aliphatic heterocycles. The second-order valence-electron chi connectivity index (χ2n) is 12.8. The van der Waals surface area contributed by atoms with E-state index in [1.165, 1.54) is 5.39 Å². The van der Waals surface area contributed by atoms with Crippen LogP contribution in [0.4, 0.5) is 0 Å². The normalized spacial score (nSPS) is 11.9. The second kappa shape index (κ2) is 10.7. The van der Waals surface area contributed by atoms with Crippen LogP contribution in [0.25, 0.3) is 100.0 Å². The molecule has 0 amide bonds. The van der Waals surface area contributed by atoms with E-state index in [1.54, 1.807) is 0 Å². The molecule has 0 radical (unpaired) electrons. The number of para-hydroxylation sites is 3. The predicted molar refractivity (Wildman–Crippen MR) is 207 cm³/mol. The van der Waals surface area contributed by atoms with Crippen molar-refractivity contribution in [3.05, 3.63) is 164 Å². The maximum atomic E-state index is 6.41. The molecule has 11 aromatic rings. The largest absolute Gasteiger partial charge is 0.456 e. The van der Waals surface area contributed by atoms with E-state index in [4.69, 9.17) is 19.4 Å². The van der Waals surface area contributed by atoms with Crippen molar-refractivity contribution in [2.45, 2.75) is 0 Å². The molecular weight excluding hydrogens is 627 g/mol. The standard InChI is InChI=1S/C45H27N5O/c1-3-14-28(15-4-1)43-46-44(29-16-5-2-6-17-29)48-45(47-43)50-36-22-11-8-19-31(36)33-27-26-32-30-18-7-10-21-35(30)49(41(32)42(33)50)37-23-13-25-39-40(37)34-20-9-12-24-38(34)51-39/h1-27H. The van der Waals surface area contributed by atoms with Gasteiger partial charge in [-0.15, -0.1) is 0 Å². The average Bonchev–Trinajstić information content (AvgIpc) is 3.86. The molecule has 7 aromatic carbocycles. The van der Waals surface area contributed by atoms with Crippen LogP contribution in [0.3, 0.4) is 0 Å². The molecule has 0 bridgehead atoms. The Kier molecular flexibility index (Phi) is 5.86. The first-order valence-electron chi connectivity index (χ1n) is 17.0. The van der Waals surface area contributed by atoms with Crippen molar-refractivity contribution in [2.24, 2.45) is 0 Å². The quantitative estimate of drug-likeness (QED) is 0.190. The monoisotopic (exact) mass is 653 g/mol. The molecule has 0 unspecified atom stereocenters. The zero-order valence-electron chi connectivity index (χ0n) is 27.2. The summed E-state index contributed by atoms with van der Waals surface area (Å²) < 4.78 is 11.0. The third kappa shape index (κ3) is 4.07. The molecule has 6 heteroatoms. The molecule has 4 aromatic heterocycles. The maximum Gasteiger partial charge on any atom is 0.238 e. The molecule has 11 rings (SSSR count). The molecule has 0 aliphatic rings. The van der Waals surface area contributed by atoms with Crippen molar-refractivity contribution < 1.29 is 4.42 Å². The van der Waals surface area contributed by atoms with Gasteiger partial charge in [0.15, 0.2) is 11.6 Å². The van der Waals surface area contributed by atoms with E-state index < -0.39 is 0 Å². The molecular formula is C45H27N5O. The number of hydrogen-bond acceptors (Lipinski definition) is 4. The summed E-state index contributed by atoms with van der Waals surface area (Å²) >= 11 is 0. The summed E-state index contributed by atoms with van der Waals surface area (Å²) in [6.07, 6.45) is 0. The van der Waals surface area contributed by atoms with Crippen LogP contribution in [-0.2, 0) is 0 Å². The minimum Gasteiger partial charge on any atom is -0.456 e. The lowest BCUT2D eigenvalue weighted by Gasteiger charge is -2.14. The van der Waals surface area contributed by atoms with Crippen LogP contribution in [0.15, 0.2) is 168 Å². The van der Waals surface area contributed by atoms with Gasteiger partial charge in [0.1, 0.15) is 11.2 Å². The Balaban J connectivity index is 1.34. The number of fused-ring (bicyclic) bond motifs is 10. The van der Waals surface area contributed by atoms with E-state index in [0.29, 0.717) is 17.6 Å². The van der Waals surface area contributed by atoms with Gasteiger partial charge in [-0.1, -0.05) is 133 Å². The third-order valence-corrected chi connectivity index (χ3v) is 9.98. The molecule has 4 heterocycles. The highest BCUT2D eigenvalue weighted by atomic mass is 16.3. The summed E-state index contributed by atoms with van der Waals surface area (Å²) in [5.74, 6) is 1.80. The first-order valence-corrected chi connectivity index (χ1v) is 17.0. The van der Waals surface area contributed by atoms with Crippen molar-refractivity contribution in [1.82, 2.24) is 24.1 Å². The molecule has 0 saturated heterocycles. The fraction of sp³-hybridized carbons (Fsp3) is 0. The van der Waals surface area contributed by atoms with Gasteiger partial charge in [0.05, 0.1) is 33.1 Å². The van der Waals surface area contributed by atoms with Gasteiger partial charge in [0.25, 0.3) is 0 Å². The van der Waals surface area contributed by atoms with Crippen molar-refractivity contribution in [1.29, 1.82) is 0 Å². The van der Waals surface area contributed by atoms with Crippen molar-refractivity contribution >= 4 is 65.6 Å². The van der Waals surface area contributed by atoms with Crippen LogP contribution in [0, 0.1) is 0 Å². The van der Waals surface area contributed by atoms with Crippen LogP contribution >= 0.6 is 0 Å². The van der Waals surface area contributed by atoms with Crippen LogP contribution in [0.5, 0.6) is 0 Å². The lowest BCUT2D eigenvalue weighted by Crippen LogP contribution is -2.07. The van der Waals surface area contributed by atoms with Crippen molar-refractivity contribution in [3.63, 3.8) is 0 Å². The second-order valence-corrected chi connectivity index (χ2v) is 12.8. The zero-order chi connectivity index (χ0) is 33.5. The molecule has 6 nitrogen and oxygen atoms in total. The molecule has 0 N–H and O–H groups in total. The fourth-order valence-electron chi connectivity index (χ4n) is 7.80. The van der Waals surface area contributed by atoms with Gasteiger partial charge < -0.3 is 8.98 Å².